The lowest BCUT2D eigenvalue weighted by molar-refractivity contribution is -0.118. The molecule has 2 aliphatic rings. The summed E-state index contributed by atoms with van der Waals surface area (Å²) in [6.45, 7) is 0.961. The van der Waals surface area contributed by atoms with Gasteiger partial charge in [-0.25, -0.2) is 0 Å². The first-order chi connectivity index (χ1) is 8.83. The van der Waals surface area contributed by atoms with E-state index in [1.54, 1.807) is 0 Å². The first-order valence-electron chi connectivity index (χ1n) is 6.99. The fourth-order valence-corrected chi connectivity index (χ4v) is 2.95. The van der Waals surface area contributed by atoms with Gasteiger partial charge >= 0.3 is 0 Å². The van der Waals surface area contributed by atoms with Crippen molar-refractivity contribution in [2.75, 3.05) is 11.9 Å². The Bertz CT molecular complexity index is 455. The van der Waals surface area contributed by atoms with Crippen LogP contribution in [0.2, 0.25) is 0 Å². The zero-order valence-electron chi connectivity index (χ0n) is 11.1. The minimum Gasteiger partial charge on any atom is -0.325 e. The summed E-state index contributed by atoms with van der Waals surface area (Å²) in [5.41, 5.74) is 3.81. The van der Waals surface area contributed by atoms with Crippen LogP contribution in [0.5, 0.6) is 0 Å². The number of fused-ring (bicyclic) bond motifs is 1. The molecule has 3 nitrogen and oxygen atoms in total. The number of aryl methyl sites for hydroxylation is 2. The molecule has 104 valence electrons. The summed E-state index contributed by atoms with van der Waals surface area (Å²) in [4.78, 5) is 12.1. The van der Waals surface area contributed by atoms with Gasteiger partial charge in [-0.1, -0.05) is 12.5 Å². The van der Waals surface area contributed by atoms with E-state index in [4.69, 9.17) is 0 Å². The lowest BCUT2D eigenvalue weighted by atomic mass is 10.0. The van der Waals surface area contributed by atoms with E-state index in [2.05, 4.69) is 22.8 Å². The Labute approximate surface area is 120 Å². The van der Waals surface area contributed by atoms with E-state index < -0.39 is 0 Å². The minimum atomic E-state index is -0.00740. The molecule has 19 heavy (non-hydrogen) atoms. The maximum atomic E-state index is 12.1. The zero-order chi connectivity index (χ0) is 12.4. The van der Waals surface area contributed by atoms with E-state index >= 15 is 0 Å². The molecular formula is C15H21ClN2O. The quantitative estimate of drug-likeness (QED) is 0.874. The molecule has 2 N–H and O–H groups in total. The van der Waals surface area contributed by atoms with Gasteiger partial charge in [-0.3, -0.25) is 4.79 Å². The molecule has 1 heterocycles. The summed E-state index contributed by atoms with van der Waals surface area (Å²) in [5, 5.41) is 6.32. The summed E-state index contributed by atoms with van der Waals surface area (Å²) in [6, 6.07) is 6.33. The Hall–Kier alpha value is -1.06. The van der Waals surface area contributed by atoms with Crippen molar-refractivity contribution in [2.45, 2.75) is 44.6 Å². The van der Waals surface area contributed by atoms with Crippen LogP contribution in [0.4, 0.5) is 5.69 Å². The van der Waals surface area contributed by atoms with Gasteiger partial charge in [0.05, 0.1) is 6.04 Å². The molecule has 1 atom stereocenters. The van der Waals surface area contributed by atoms with Gasteiger partial charge in [0.25, 0.3) is 0 Å². The Balaban J connectivity index is 0.00000133. The average molecular weight is 281 g/mol. The number of hydrogen-bond acceptors (Lipinski definition) is 2. The molecule has 1 aromatic carbocycles. The van der Waals surface area contributed by atoms with E-state index in [1.807, 2.05) is 6.07 Å². The van der Waals surface area contributed by atoms with Gasteiger partial charge in [-0.2, -0.15) is 0 Å². The normalized spacial score (nSPS) is 21.4. The average Bonchev–Trinajstić information content (AvgIpc) is 2.87. The fourth-order valence-electron chi connectivity index (χ4n) is 2.95. The van der Waals surface area contributed by atoms with Gasteiger partial charge in [-0.15, -0.1) is 12.4 Å². The summed E-state index contributed by atoms with van der Waals surface area (Å²) < 4.78 is 0. The second-order valence-electron chi connectivity index (χ2n) is 5.33. The third-order valence-electron chi connectivity index (χ3n) is 3.99. The molecule has 0 saturated carbocycles. The van der Waals surface area contributed by atoms with E-state index in [0.717, 1.165) is 31.5 Å². The molecule has 0 aromatic heterocycles. The largest absolute Gasteiger partial charge is 0.325 e. The Morgan fingerprint density at radius 3 is 2.79 bits per heavy atom. The number of hydrogen-bond donors (Lipinski definition) is 2. The molecule has 1 fully saturated rings. The second kappa shape index (κ2) is 6.40. The molecule has 1 aromatic rings. The van der Waals surface area contributed by atoms with Crippen molar-refractivity contribution >= 4 is 24.0 Å². The third-order valence-corrected chi connectivity index (χ3v) is 3.99. The summed E-state index contributed by atoms with van der Waals surface area (Å²) >= 11 is 0. The number of anilines is 1. The first kappa shape index (κ1) is 14.4. The maximum absolute atomic E-state index is 12.1. The van der Waals surface area contributed by atoms with Gasteiger partial charge in [-0.05, 0) is 61.9 Å². The number of amides is 1. The molecule has 1 saturated heterocycles. The third kappa shape index (κ3) is 3.28. The minimum absolute atomic E-state index is 0. The fraction of sp³-hybridized carbons (Fsp3) is 0.533. The van der Waals surface area contributed by atoms with Crippen molar-refractivity contribution in [1.29, 1.82) is 0 Å². The summed E-state index contributed by atoms with van der Waals surface area (Å²) in [6.07, 6.45) is 6.88. The van der Waals surface area contributed by atoms with Gasteiger partial charge < -0.3 is 10.6 Å². The predicted molar refractivity (Wildman–Crippen MR) is 80.0 cm³/mol. The molecule has 0 bridgehead atoms. The number of carbonyl (C=O) groups excluding carboxylic acids is 1. The first-order valence-corrected chi connectivity index (χ1v) is 6.99. The van der Waals surface area contributed by atoms with Crippen molar-refractivity contribution in [3.8, 4) is 0 Å². The SMILES string of the molecule is Cl.O=C(Nc1ccc2c(c1)CCC2)[C@H]1CCCCN1. The highest BCUT2D eigenvalue weighted by Gasteiger charge is 2.20. The molecule has 0 unspecified atom stereocenters. The topological polar surface area (TPSA) is 41.1 Å². The van der Waals surface area contributed by atoms with Crippen molar-refractivity contribution in [3.63, 3.8) is 0 Å². The number of carbonyl (C=O) groups is 1. The highest BCUT2D eigenvalue weighted by Crippen LogP contribution is 2.25. The van der Waals surface area contributed by atoms with E-state index in [1.165, 1.54) is 30.4 Å². The van der Waals surface area contributed by atoms with Crippen LogP contribution in [0.25, 0.3) is 0 Å². The van der Waals surface area contributed by atoms with Crippen LogP contribution in [0, 0.1) is 0 Å². The van der Waals surface area contributed by atoms with Gasteiger partial charge in [0.15, 0.2) is 0 Å². The highest BCUT2D eigenvalue weighted by atomic mass is 35.5. The molecule has 3 rings (SSSR count). The summed E-state index contributed by atoms with van der Waals surface area (Å²) in [5.74, 6) is 0.118. The van der Waals surface area contributed by atoms with Gasteiger partial charge in [0.2, 0.25) is 5.91 Å². The maximum Gasteiger partial charge on any atom is 0.241 e. The molecule has 1 amide bonds. The number of piperidine rings is 1. The van der Waals surface area contributed by atoms with Crippen LogP contribution < -0.4 is 10.6 Å². The van der Waals surface area contributed by atoms with Gasteiger partial charge in [0.1, 0.15) is 0 Å². The van der Waals surface area contributed by atoms with E-state index in [0.29, 0.717) is 0 Å². The number of rotatable bonds is 2. The second-order valence-corrected chi connectivity index (χ2v) is 5.33. The van der Waals surface area contributed by atoms with Gasteiger partial charge in [0, 0.05) is 5.69 Å². The lowest BCUT2D eigenvalue weighted by Crippen LogP contribution is -2.43. The van der Waals surface area contributed by atoms with Crippen LogP contribution >= 0.6 is 12.4 Å². The standard InChI is InChI=1S/C15H20N2O.ClH/c18-15(14-6-1-2-9-16-14)17-13-8-7-11-4-3-5-12(11)10-13;/h7-8,10,14,16H,1-6,9H2,(H,17,18);1H/t14-;/m1./s1. The van der Waals surface area contributed by atoms with E-state index in [-0.39, 0.29) is 24.4 Å². The highest BCUT2D eigenvalue weighted by molar-refractivity contribution is 5.95. The Morgan fingerprint density at radius 1 is 1.16 bits per heavy atom. The van der Waals surface area contributed by atoms with Crippen molar-refractivity contribution in [3.05, 3.63) is 29.3 Å². The smallest absolute Gasteiger partial charge is 0.241 e. The number of halogens is 1. The molecular weight excluding hydrogens is 260 g/mol. The van der Waals surface area contributed by atoms with Crippen LogP contribution in [-0.4, -0.2) is 18.5 Å². The molecule has 1 aliphatic heterocycles. The zero-order valence-corrected chi connectivity index (χ0v) is 11.9. The molecule has 4 heteroatoms. The van der Waals surface area contributed by atoms with Crippen LogP contribution in [0.15, 0.2) is 18.2 Å². The Kier molecular flexibility index (Phi) is 4.83. The number of nitrogens with one attached hydrogen (secondary N) is 2. The Morgan fingerprint density at radius 2 is 2.00 bits per heavy atom. The molecule has 0 radical (unpaired) electrons. The van der Waals surface area contributed by atoms with Crippen molar-refractivity contribution in [1.82, 2.24) is 5.32 Å². The predicted octanol–water partition coefficient (Wildman–Crippen LogP) is 2.68. The van der Waals surface area contributed by atoms with Crippen LogP contribution in [-0.2, 0) is 17.6 Å². The molecule has 0 spiro atoms. The van der Waals surface area contributed by atoms with Crippen LogP contribution in [0.3, 0.4) is 0 Å². The van der Waals surface area contributed by atoms with Crippen LogP contribution in [0.1, 0.15) is 36.8 Å². The van der Waals surface area contributed by atoms with E-state index in [9.17, 15) is 4.79 Å². The lowest BCUT2D eigenvalue weighted by Gasteiger charge is -2.22. The summed E-state index contributed by atoms with van der Waals surface area (Å²) in [7, 11) is 0. The monoisotopic (exact) mass is 280 g/mol. The molecule has 1 aliphatic carbocycles. The number of benzene rings is 1. The van der Waals surface area contributed by atoms with Crippen molar-refractivity contribution < 1.29 is 4.79 Å². The van der Waals surface area contributed by atoms with Crippen molar-refractivity contribution in [2.24, 2.45) is 0 Å².